The molecular formula is C26H21ClN2O2. The molecule has 1 N–H and O–H groups in total. The third-order valence-electron chi connectivity index (χ3n) is 6.00. The highest BCUT2D eigenvalue weighted by atomic mass is 35.5. The molecule has 5 rings (SSSR count). The minimum absolute atomic E-state index is 0.0432. The Kier molecular flexibility index (Phi) is 5.16. The first-order valence-electron chi connectivity index (χ1n) is 10.5. The molecule has 0 saturated heterocycles. The minimum atomic E-state index is -0.324. The van der Waals surface area contributed by atoms with E-state index in [2.05, 4.69) is 5.32 Å². The van der Waals surface area contributed by atoms with Crippen LogP contribution in [-0.2, 0) is 4.79 Å². The van der Waals surface area contributed by atoms with E-state index in [-0.39, 0.29) is 23.5 Å². The van der Waals surface area contributed by atoms with Crippen molar-refractivity contribution in [3.63, 3.8) is 0 Å². The molecule has 0 aromatic heterocycles. The van der Waals surface area contributed by atoms with E-state index < -0.39 is 0 Å². The van der Waals surface area contributed by atoms with E-state index in [1.165, 1.54) is 0 Å². The number of benzene rings is 3. The van der Waals surface area contributed by atoms with Gasteiger partial charge < -0.3 is 5.32 Å². The zero-order valence-electron chi connectivity index (χ0n) is 16.8. The number of ketones is 2. The fourth-order valence-corrected chi connectivity index (χ4v) is 4.57. The molecule has 1 fully saturated rings. The van der Waals surface area contributed by atoms with Crippen molar-refractivity contribution >= 4 is 40.3 Å². The van der Waals surface area contributed by atoms with E-state index in [1.54, 1.807) is 0 Å². The van der Waals surface area contributed by atoms with Gasteiger partial charge in [-0.2, -0.15) is 0 Å². The molecule has 3 aromatic carbocycles. The van der Waals surface area contributed by atoms with Crippen LogP contribution in [0.5, 0.6) is 0 Å². The predicted octanol–water partition coefficient (Wildman–Crippen LogP) is 6.18. The standard InChI is InChI=1S/C26H21ClN2O2/c27-19-12-9-16(10-13-19)25-24-21(7-4-8-23(24)30)28-22-15-18(11-14-20(22)29-25)26(31)17-5-2-1-3-6-17/h1-3,5-6,9-15,24-25,29H,4,7-8H2. The molecule has 0 radical (unpaired) electrons. The maximum atomic E-state index is 12.9. The Bertz CT molecular complexity index is 1190. The van der Waals surface area contributed by atoms with E-state index in [0.717, 1.165) is 29.8 Å². The molecule has 4 nitrogen and oxygen atoms in total. The van der Waals surface area contributed by atoms with Gasteiger partial charge in [-0.3, -0.25) is 14.6 Å². The van der Waals surface area contributed by atoms with Gasteiger partial charge in [0.1, 0.15) is 5.78 Å². The molecule has 5 heteroatoms. The molecule has 1 heterocycles. The van der Waals surface area contributed by atoms with Crippen LogP contribution in [0.4, 0.5) is 11.4 Å². The van der Waals surface area contributed by atoms with Gasteiger partial charge >= 0.3 is 0 Å². The van der Waals surface area contributed by atoms with E-state index in [1.807, 2.05) is 72.8 Å². The number of nitrogens with one attached hydrogen (secondary N) is 1. The zero-order valence-corrected chi connectivity index (χ0v) is 17.6. The summed E-state index contributed by atoms with van der Waals surface area (Å²) in [5.41, 5.74) is 4.62. The second kappa shape index (κ2) is 8.12. The first kappa shape index (κ1) is 19.7. The van der Waals surface area contributed by atoms with Crippen LogP contribution in [-0.4, -0.2) is 17.3 Å². The maximum Gasteiger partial charge on any atom is 0.193 e. The first-order valence-corrected chi connectivity index (χ1v) is 10.8. The molecule has 3 aromatic rings. The number of carbonyl (C=O) groups is 2. The number of fused-ring (bicyclic) bond motifs is 2. The minimum Gasteiger partial charge on any atom is -0.375 e. The number of halogens is 1. The molecular weight excluding hydrogens is 408 g/mol. The van der Waals surface area contributed by atoms with Crippen molar-refractivity contribution in [3.05, 3.63) is 94.5 Å². The summed E-state index contributed by atoms with van der Waals surface area (Å²) in [7, 11) is 0. The van der Waals surface area contributed by atoms with Crippen molar-refractivity contribution in [1.82, 2.24) is 0 Å². The van der Waals surface area contributed by atoms with Crippen LogP contribution in [0.2, 0.25) is 5.02 Å². The fourth-order valence-electron chi connectivity index (χ4n) is 4.44. The van der Waals surface area contributed by atoms with Gasteiger partial charge in [-0.05, 0) is 48.7 Å². The van der Waals surface area contributed by atoms with Crippen molar-refractivity contribution in [2.24, 2.45) is 10.9 Å². The van der Waals surface area contributed by atoms with Crippen LogP contribution >= 0.6 is 11.6 Å². The van der Waals surface area contributed by atoms with Crippen LogP contribution < -0.4 is 5.32 Å². The zero-order chi connectivity index (χ0) is 21.4. The Labute approximate surface area is 186 Å². The lowest BCUT2D eigenvalue weighted by Gasteiger charge is -2.30. The molecule has 154 valence electrons. The van der Waals surface area contributed by atoms with E-state index in [4.69, 9.17) is 16.6 Å². The fraction of sp³-hybridized carbons (Fsp3) is 0.192. The maximum absolute atomic E-state index is 12.9. The number of hydrogen-bond acceptors (Lipinski definition) is 4. The summed E-state index contributed by atoms with van der Waals surface area (Å²) < 4.78 is 0. The summed E-state index contributed by atoms with van der Waals surface area (Å²) in [6, 6.07) is 22.1. The highest BCUT2D eigenvalue weighted by molar-refractivity contribution is 6.30. The Balaban J connectivity index is 1.58. The van der Waals surface area contributed by atoms with Crippen LogP contribution in [0.3, 0.4) is 0 Å². The second-order valence-corrected chi connectivity index (χ2v) is 8.44. The SMILES string of the molecule is O=C(c1ccccc1)c1ccc2c(c1)N=C1CCCC(=O)C1C(c1ccc(Cl)cc1)N2. The van der Waals surface area contributed by atoms with Gasteiger partial charge in [-0.15, -0.1) is 0 Å². The Hall–Kier alpha value is -3.24. The summed E-state index contributed by atoms with van der Waals surface area (Å²) in [4.78, 5) is 30.8. The quantitative estimate of drug-likeness (QED) is 0.507. The molecule has 1 aliphatic heterocycles. The van der Waals surface area contributed by atoms with Gasteiger partial charge in [0.05, 0.1) is 23.3 Å². The van der Waals surface area contributed by atoms with E-state index in [9.17, 15) is 9.59 Å². The summed E-state index contributed by atoms with van der Waals surface area (Å²) in [5, 5.41) is 4.20. The Morgan fingerprint density at radius 1 is 0.935 bits per heavy atom. The van der Waals surface area contributed by atoms with Gasteiger partial charge in [0.2, 0.25) is 0 Å². The first-order chi connectivity index (χ1) is 15.1. The Morgan fingerprint density at radius 2 is 1.71 bits per heavy atom. The van der Waals surface area contributed by atoms with Crippen molar-refractivity contribution in [2.75, 3.05) is 5.32 Å². The monoisotopic (exact) mass is 428 g/mol. The number of carbonyl (C=O) groups excluding carboxylic acids is 2. The molecule has 1 saturated carbocycles. The molecule has 2 aliphatic rings. The molecule has 2 atom stereocenters. The number of Topliss-reactive ketones (excluding diaryl/α,β-unsaturated/α-hetero) is 1. The topological polar surface area (TPSA) is 58.5 Å². The third kappa shape index (κ3) is 3.79. The van der Waals surface area contributed by atoms with Crippen molar-refractivity contribution < 1.29 is 9.59 Å². The molecule has 0 amide bonds. The second-order valence-electron chi connectivity index (χ2n) is 8.00. The largest absolute Gasteiger partial charge is 0.375 e. The highest BCUT2D eigenvalue weighted by Gasteiger charge is 2.38. The summed E-state index contributed by atoms with van der Waals surface area (Å²) in [6.45, 7) is 0. The lowest BCUT2D eigenvalue weighted by molar-refractivity contribution is -0.122. The average molecular weight is 429 g/mol. The molecule has 1 aliphatic carbocycles. The average Bonchev–Trinajstić information content (AvgIpc) is 2.96. The number of anilines is 1. The van der Waals surface area contributed by atoms with Gasteiger partial charge in [0.25, 0.3) is 0 Å². The van der Waals surface area contributed by atoms with Crippen LogP contribution in [0, 0.1) is 5.92 Å². The smallest absolute Gasteiger partial charge is 0.193 e. The molecule has 2 unspecified atom stereocenters. The number of aliphatic imine (C=N–C) groups is 1. The number of nitrogens with zero attached hydrogens (tertiary/aromatic N) is 1. The van der Waals surface area contributed by atoms with Crippen LogP contribution in [0.25, 0.3) is 0 Å². The van der Waals surface area contributed by atoms with Gasteiger partial charge in [-0.25, -0.2) is 0 Å². The summed E-state index contributed by atoms with van der Waals surface area (Å²) in [5.74, 6) is -0.167. The van der Waals surface area contributed by atoms with E-state index >= 15 is 0 Å². The lowest BCUT2D eigenvalue weighted by Crippen LogP contribution is -2.36. The molecule has 31 heavy (non-hydrogen) atoms. The molecule has 0 spiro atoms. The normalized spacial score (nSPS) is 20.0. The van der Waals surface area contributed by atoms with Gasteiger partial charge in [-0.1, -0.05) is 54.1 Å². The highest BCUT2D eigenvalue weighted by Crippen LogP contribution is 2.41. The predicted molar refractivity (Wildman–Crippen MR) is 124 cm³/mol. The van der Waals surface area contributed by atoms with Gasteiger partial charge in [0.15, 0.2) is 5.78 Å². The molecule has 0 bridgehead atoms. The van der Waals surface area contributed by atoms with Crippen molar-refractivity contribution in [1.29, 1.82) is 0 Å². The Morgan fingerprint density at radius 3 is 2.48 bits per heavy atom. The summed E-state index contributed by atoms with van der Waals surface area (Å²) in [6.07, 6.45) is 2.14. The lowest BCUT2D eigenvalue weighted by atomic mass is 9.78. The van der Waals surface area contributed by atoms with Gasteiger partial charge in [0, 0.05) is 28.3 Å². The van der Waals surface area contributed by atoms with Crippen LogP contribution in [0.1, 0.15) is 46.8 Å². The van der Waals surface area contributed by atoms with Crippen LogP contribution in [0.15, 0.2) is 77.8 Å². The van der Waals surface area contributed by atoms with Crippen molar-refractivity contribution in [3.8, 4) is 0 Å². The number of rotatable bonds is 3. The van der Waals surface area contributed by atoms with E-state index in [0.29, 0.717) is 28.3 Å². The third-order valence-corrected chi connectivity index (χ3v) is 6.25. The van der Waals surface area contributed by atoms with Crippen molar-refractivity contribution in [2.45, 2.75) is 25.3 Å². The summed E-state index contributed by atoms with van der Waals surface area (Å²) >= 11 is 6.08. The number of hydrogen-bond donors (Lipinski definition) is 1.